The van der Waals surface area contributed by atoms with Gasteiger partial charge in [0.15, 0.2) is 0 Å². The molecule has 0 fully saturated rings. The largest absolute Gasteiger partial charge is 0.478 e. The lowest BCUT2D eigenvalue weighted by Gasteiger charge is -2.12. The summed E-state index contributed by atoms with van der Waals surface area (Å²) >= 11 is 0. The van der Waals surface area contributed by atoms with Gasteiger partial charge in [0.25, 0.3) is 0 Å². The fourth-order valence-electron chi connectivity index (χ4n) is 1.93. The Bertz CT molecular complexity index is 534. The minimum atomic E-state index is -1.01. The van der Waals surface area contributed by atoms with Crippen molar-refractivity contribution < 1.29 is 24.3 Å². The van der Waals surface area contributed by atoms with Crippen LogP contribution in [0.15, 0.2) is 29.4 Å². The van der Waals surface area contributed by atoms with Gasteiger partial charge in [-0.15, -0.1) is 0 Å². The zero-order valence-electron chi connectivity index (χ0n) is 10.5. The van der Waals surface area contributed by atoms with Gasteiger partial charge in [-0.25, -0.2) is 4.79 Å². The second kappa shape index (κ2) is 5.09. The summed E-state index contributed by atoms with van der Waals surface area (Å²) in [6.45, 7) is 1.73. The summed E-state index contributed by atoms with van der Waals surface area (Å²) < 4.78 is 4.72. The fraction of sp³-hybridized carbons (Fsp3) is 0.308. The van der Waals surface area contributed by atoms with Crippen LogP contribution in [0.5, 0.6) is 0 Å². The molecule has 2 unspecified atom stereocenters. The Hall–Kier alpha value is -2.37. The highest BCUT2D eigenvalue weighted by molar-refractivity contribution is 6.13. The van der Waals surface area contributed by atoms with Gasteiger partial charge < -0.3 is 14.7 Å². The molecule has 19 heavy (non-hydrogen) atoms. The monoisotopic (exact) mass is 263 g/mol. The number of carboxylic acids is 1. The lowest BCUT2D eigenvalue weighted by Crippen LogP contribution is -2.30. The first-order valence-electron chi connectivity index (χ1n) is 5.70. The maximum atomic E-state index is 11.7. The molecule has 1 heterocycles. The third-order valence-corrected chi connectivity index (χ3v) is 2.96. The van der Waals surface area contributed by atoms with Crippen LogP contribution in [0.2, 0.25) is 0 Å². The first-order valence-corrected chi connectivity index (χ1v) is 5.70. The Balaban J connectivity index is 2.30. The molecule has 1 N–H and O–H groups in total. The second-order valence-electron chi connectivity index (χ2n) is 4.17. The number of nitrogens with zero attached hydrogens (tertiary/aromatic N) is 1. The highest BCUT2D eigenvalue weighted by atomic mass is 16.6. The van der Waals surface area contributed by atoms with Crippen molar-refractivity contribution in [3.05, 3.63) is 35.4 Å². The normalized spacial score (nSPS) is 21.5. The van der Waals surface area contributed by atoms with Gasteiger partial charge in [-0.1, -0.05) is 17.3 Å². The van der Waals surface area contributed by atoms with Crippen LogP contribution in [0.4, 0.5) is 0 Å². The van der Waals surface area contributed by atoms with Crippen molar-refractivity contribution in [3.63, 3.8) is 0 Å². The SMILES string of the molecule is COC(=O)C1C(c2ccc(C(=O)O)cc2)=NOC1C. The molecule has 1 aromatic carbocycles. The smallest absolute Gasteiger partial charge is 0.335 e. The van der Waals surface area contributed by atoms with Crippen LogP contribution >= 0.6 is 0 Å². The van der Waals surface area contributed by atoms with E-state index in [9.17, 15) is 9.59 Å². The van der Waals surface area contributed by atoms with E-state index in [0.29, 0.717) is 11.3 Å². The highest BCUT2D eigenvalue weighted by Gasteiger charge is 2.38. The number of methoxy groups -OCH3 is 1. The van der Waals surface area contributed by atoms with E-state index in [1.807, 2.05) is 0 Å². The molecule has 0 saturated carbocycles. The van der Waals surface area contributed by atoms with Crippen LogP contribution in [-0.2, 0) is 14.4 Å². The summed E-state index contributed by atoms with van der Waals surface area (Å²) in [5.74, 6) is -2.03. The van der Waals surface area contributed by atoms with Crippen molar-refractivity contribution in [1.82, 2.24) is 0 Å². The van der Waals surface area contributed by atoms with Crippen molar-refractivity contribution >= 4 is 17.7 Å². The van der Waals surface area contributed by atoms with E-state index in [4.69, 9.17) is 14.7 Å². The minimum Gasteiger partial charge on any atom is -0.478 e. The number of carbonyl (C=O) groups excluding carboxylic acids is 1. The predicted molar refractivity (Wildman–Crippen MR) is 66.0 cm³/mol. The van der Waals surface area contributed by atoms with Gasteiger partial charge in [0.2, 0.25) is 0 Å². The molecule has 1 aromatic rings. The van der Waals surface area contributed by atoms with Gasteiger partial charge in [0, 0.05) is 5.56 Å². The topological polar surface area (TPSA) is 85.2 Å². The maximum Gasteiger partial charge on any atom is 0.335 e. The molecular formula is C13H13NO5. The number of hydrogen-bond acceptors (Lipinski definition) is 5. The number of ether oxygens (including phenoxy) is 1. The third kappa shape index (κ3) is 2.42. The van der Waals surface area contributed by atoms with Crippen molar-refractivity contribution in [1.29, 1.82) is 0 Å². The van der Waals surface area contributed by atoms with Crippen LogP contribution in [0.25, 0.3) is 0 Å². The Morgan fingerprint density at radius 2 is 1.95 bits per heavy atom. The van der Waals surface area contributed by atoms with Crippen molar-refractivity contribution in [2.45, 2.75) is 13.0 Å². The molecule has 6 heteroatoms. The third-order valence-electron chi connectivity index (χ3n) is 2.96. The van der Waals surface area contributed by atoms with Gasteiger partial charge in [0.05, 0.1) is 12.7 Å². The molecular weight excluding hydrogens is 250 g/mol. The maximum absolute atomic E-state index is 11.7. The van der Waals surface area contributed by atoms with E-state index < -0.39 is 24.0 Å². The molecule has 6 nitrogen and oxygen atoms in total. The number of hydrogen-bond donors (Lipinski definition) is 1. The Morgan fingerprint density at radius 3 is 2.47 bits per heavy atom. The fourth-order valence-corrected chi connectivity index (χ4v) is 1.93. The number of rotatable bonds is 3. The summed E-state index contributed by atoms with van der Waals surface area (Å²) in [4.78, 5) is 27.6. The Labute approximate surface area is 109 Å². The number of carboxylic acid groups (broad SMARTS) is 1. The summed E-state index contributed by atoms with van der Waals surface area (Å²) in [6, 6.07) is 6.11. The van der Waals surface area contributed by atoms with Gasteiger partial charge in [0.1, 0.15) is 17.7 Å². The van der Waals surface area contributed by atoms with Gasteiger partial charge in [-0.05, 0) is 19.1 Å². The lowest BCUT2D eigenvalue weighted by atomic mass is 9.93. The number of aromatic carboxylic acids is 1. The molecule has 0 amide bonds. The Morgan fingerprint density at radius 1 is 1.32 bits per heavy atom. The van der Waals surface area contributed by atoms with Crippen LogP contribution in [0.1, 0.15) is 22.8 Å². The summed E-state index contributed by atoms with van der Waals surface area (Å²) in [7, 11) is 1.30. The van der Waals surface area contributed by atoms with Crippen molar-refractivity contribution in [2.75, 3.05) is 7.11 Å². The standard InChI is InChI=1S/C13H13NO5/c1-7-10(13(17)18-2)11(14-19-7)8-3-5-9(6-4-8)12(15)16/h3-7,10H,1-2H3,(H,15,16). The van der Waals surface area contributed by atoms with Crippen LogP contribution in [0, 0.1) is 5.92 Å². The molecule has 0 aliphatic carbocycles. The molecule has 1 aliphatic heterocycles. The number of oxime groups is 1. The zero-order valence-corrected chi connectivity index (χ0v) is 10.5. The number of esters is 1. The predicted octanol–water partition coefficient (Wildman–Crippen LogP) is 1.30. The van der Waals surface area contributed by atoms with Crippen LogP contribution in [-0.4, -0.2) is 36.0 Å². The van der Waals surface area contributed by atoms with E-state index in [-0.39, 0.29) is 5.56 Å². The zero-order chi connectivity index (χ0) is 14.0. The van der Waals surface area contributed by atoms with Gasteiger partial charge in [-0.3, -0.25) is 4.79 Å². The molecule has 100 valence electrons. The number of benzene rings is 1. The van der Waals surface area contributed by atoms with Gasteiger partial charge in [-0.2, -0.15) is 0 Å². The quantitative estimate of drug-likeness (QED) is 0.831. The van der Waals surface area contributed by atoms with E-state index in [2.05, 4.69) is 5.16 Å². The molecule has 0 saturated heterocycles. The van der Waals surface area contributed by atoms with Crippen LogP contribution in [0.3, 0.4) is 0 Å². The summed E-state index contributed by atoms with van der Waals surface area (Å²) in [5, 5.41) is 12.7. The average molecular weight is 263 g/mol. The summed E-state index contributed by atoms with van der Waals surface area (Å²) in [5.41, 5.74) is 1.27. The minimum absolute atomic E-state index is 0.172. The molecule has 0 aromatic heterocycles. The van der Waals surface area contributed by atoms with E-state index in [1.54, 1.807) is 19.1 Å². The first kappa shape index (κ1) is 13.1. The number of carbonyl (C=O) groups is 2. The van der Waals surface area contributed by atoms with Crippen molar-refractivity contribution in [3.8, 4) is 0 Å². The molecule has 0 bridgehead atoms. The molecule has 0 spiro atoms. The van der Waals surface area contributed by atoms with E-state index >= 15 is 0 Å². The molecule has 1 aliphatic rings. The van der Waals surface area contributed by atoms with Crippen LogP contribution < -0.4 is 0 Å². The molecule has 0 radical (unpaired) electrons. The summed E-state index contributed by atoms with van der Waals surface area (Å²) in [6.07, 6.45) is -0.401. The second-order valence-corrected chi connectivity index (χ2v) is 4.17. The molecule has 2 atom stereocenters. The Kier molecular flexibility index (Phi) is 3.50. The van der Waals surface area contributed by atoms with Crippen molar-refractivity contribution in [2.24, 2.45) is 11.1 Å². The van der Waals surface area contributed by atoms with E-state index in [0.717, 1.165) is 0 Å². The first-order chi connectivity index (χ1) is 9.04. The average Bonchev–Trinajstić information content (AvgIpc) is 2.80. The molecule has 2 rings (SSSR count). The lowest BCUT2D eigenvalue weighted by molar-refractivity contribution is -0.145. The van der Waals surface area contributed by atoms with Gasteiger partial charge >= 0.3 is 11.9 Å². The van der Waals surface area contributed by atoms with E-state index in [1.165, 1.54) is 19.2 Å². The highest BCUT2D eigenvalue weighted by Crippen LogP contribution is 2.24.